The van der Waals surface area contributed by atoms with Gasteiger partial charge in [-0.3, -0.25) is 9.59 Å². The summed E-state index contributed by atoms with van der Waals surface area (Å²) in [5.74, 6) is -0.261. The second-order valence-corrected chi connectivity index (χ2v) is 7.24. The molecule has 3 aromatic carbocycles. The molecule has 3 rings (SSSR count). The average molecular weight is 434 g/mol. The summed E-state index contributed by atoms with van der Waals surface area (Å²) in [5, 5.41) is 12.0. The van der Waals surface area contributed by atoms with E-state index >= 15 is 0 Å². The number of nitrogens with one attached hydrogen (secondary N) is 1. The van der Waals surface area contributed by atoms with E-state index < -0.39 is 12.1 Å². The highest BCUT2D eigenvalue weighted by Gasteiger charge is 2.20. The Bertz CT molecular complexity index is 1020. The first-order valence-electron chi connectivity index (χ1n) is 10.6. The second kappa shape index (κ2) is 11.6. The fourth-order valence-electron chi connectivity index (χ4n) is 3.24. The van der Waals surface area contributed by atoms with E-state index in [1.807, 2.05) is 67.6 Å². The molecule has 0 radical (unpaired) electrons. The number of hydrogen-bond donors (Lipinski definition) is 2. The molecule has 3 aromatic rings. The minimum absolute atomic E-state index is 0.0553. The van der Waals surface area contributed by atoms with Gasteiger partial charge in [-0.25, -0.2) is 0 Å². The van der Waals surface area contributed by atoms with Gasteiger partial charge in [0, 0.05) is 19.0 Å². The molecule has 0 aliphatic carbocycles. The summed E-state index contributed by atoms with van der Waals surface area (Å²) in [5.41, 5.74) is 2.23. The molecule has 0 saturated heterocycles. The van der Waals surface area contributed by atoms with Gasteiger partial charge < -0.3 is 19.9 Å². The van der Waals surface area contributed by atoms with Crippen molar-refractivity contribution >= 4 is 11.9 Å². The third kappa shape index (κ3) is 6.60. The quantitative estimate of drug-likeness (QED) is 0.445. The second-order valence-electron chi connectivity index (χ2n) is 7.24. The molecular weight excluding hydrogens is 406 g/mol. The molecule has 0 aromatic heterocycles. The van der Waals surface area contributed by atoms with E-state index in [2.05, 4.69) is 5.32 Å². The molecule has 0 saturated carbocycles. The molecule has 1 atom stereocenters. The number of rotatable bonds is 11. The van der Waals surface area contributed by atoms with Crippen molar-refractivity contribution in [2.45, 2.75) is 32.5 Å². The first-order valence-corrected chi connectivity index (χ1v) is 10.6. The van der Waals surface area contributed by atoms with Crippen molar-refractivity contribution in [1.82, 2.24) is 5.32 Å². The fourth-order valence-corrected chi connectivity index (χ4v) is 3.24. The fraction of sp³-hybridized carbons (Fsp3) is 0.231. The maximum Gasteiger partial charge on any atom is 0.303 e. The third-order valence-electron chi connectivity index (χ3n) is 4.84. The standard InChI is InChI=1S/C26H27NO5/c1-2-27-26(30)22-14-13-21(31-18-19-9-5-3-6-10-19)17-24(22)32-23(15-16-25(28)29)20-11-7-4-8-12-20/h3-14,17,23H,2,15-16,18H2,1H3,(H,27,30)(H,28,29). The Morgan fingerprint density at radius 2 is 1.66 bits per heavy atom. The molecule has 6 heteroatoms. The zero-order valence-electron chi connectivity index (χ0n) is 18.0. The van der Waals surface area contributed by atoms with E-state index in [0.29, 0.717) is 30.2 Å². The SMILES string of the molecule is CCNC(=O)c1ccc(OCc2ccccc2)cc1OC(CCC(=O)O)c1ccccc1. The van der Waals surface area contributed by atoms with Crippen LogP contribution in [0.25, 0.3) is 0 Å². The molecule has 0 bridgehead atoms. The van der Waals surface area contributed by atoms with Gasteiger partial charge in [0.15, 0.2) is 0 Å². The van der Waals surface area contributed by atoms with Crippen molar-refractivity contribution in [1.29, 1.82) is 0 Å². The number of aliphatic carboxylic acids is 1. The molecule has 1 unspecified atom stereocenters. The zero-order valence-corrected chi connectivity index (χ0v) is 18.0. The summed E-state index contributed by atoms with van der Waals surface area (Å²) in [6, 6.07) is 24.2. The smallest absolute Gasteiger partial charge is 0.303 e. The van der Waals surface area contributed by atoms with Crippen LogP contribution in [-0.2, 0) is 11.4 Å². The van der Waals surface area contributed by atoms with E-state index in [1.165, 1.54) is 0 Å². The lowest BCUT2D eigenvalue weighted by molar-refractivity contribution is -0.137. The molecular formula is C26H27NO5. The highest BCUT2D eigenvalue weighted by atomic mass is 16.5. The predicted octanol–water partition coefficient (Wildman–Crippen LogP) is 5.00. The highest BCUT2D eigenvalue weighted by molar-refractivity contribution is 5.97. The first kappa shape index (κ1) is 22.9. The van der Waals surface area contributed by atoms with Gasteiger partial charge in [0.25, 0.3) is 5.91 Å². The van der Waals surface area contributed by atoms with Crippen LogP contribution in [0.15, 0.2) is 78.9 Å². The molecule has 6 nitrogen and oxygen atoms in total. The van der Waals surface area contributed by atoms with Crippen LogP contribution >= 0.6 is 0 Å². The van der Waals surface area contributed by atoms with Crippen LogP contribution in [0.5, 0.6) is 11.5 Å². The van der Waals surface area contributed by atoms with Crippen LogP contribution in [0, 0.1) is 0 Å². The summed E-state index contributed by atoms with van der Waals surface area (Å²) >= 11 is 0. The van der Waals surface area contributed by atoms with Crippen molar-refractivity contribution in [3.8, 4) is 11.5 Å². The number of carbonyl (C=O) groups is 2. The van der Waals surface area contributed by atoms with Crippen molar-refractivity contribution < 1.29 is 24.2 Å². The molecule has 1 amide bonds. The van der Waals surface area contributed by atoms with Crippen molar-refractivity contribution in [2.24, 2.45) is 0 Å². The Morgan fingerprint density at radius 3 is 2.31 bits per heavy atom. The third-order valence-corrected chi connectivity index (χ3v) is 4.84. The minimum atomic E-state index is -0.904. The topological polar surface area (TPSA) is 84.9 Å². The van der Waals surface area contributed by atoms with Crippen LogP contribution in [0.3, 0.4) is 0 Å². The number of hydrogen-bond acceptors (Lipinski definition) is 4. The van der Waals surface area contributed by atoms with Crippen LogP contribution in [0.2, 0.25) is 0 Å². The molecule has 0 aliphatic rings. The average Bonchev–Trinajstić information content (AvgIpc) is 2.81. The number of carboxylic acids is 1. The van der Waals surface area contributed by atoms with Gasteiger partial charge in [-0.05, 0) is 36.6 Å². The number of ether oxygens (including phenoxy) is 2. The molecule has 0 aliphatic heterocycles. The number of carbonyl (C=O) groups excluding carboxylic acids is 1. The van der Waals surface area contributed by atoms with E-state index in [-0.39, 0.29) is 18.7 Å². The van der Waals surface area contributed by atoms with Gasteiger partial charge in [-0.15, -0.1) is 0 Å². The predicted molar refractivity (Wildman–Crippen MR) is 122 cm³/mol. The lowest BCUT2D eigenvalue weighted by Crippen LogP contribution is -2.24. The largest absolute Gasteiger partial charge is 0.489 e. The van der Waals surface area contributed by atoms with Crippen molar-refractivity contribution in [3.05, 3.63) is 95.6 Å². The highest BCUT2D eigenvalue weighted by Crippen LogP contribution is 2.32. The van der Waals surface area contributed by atoms with Gasteiger partial charge in [0.1, 0.15) is 24.2 Å². The number of carboxylic acid groups (broad SMARTS) is 1. The van der Waals surface area contributed by atoms with E-state index in [0.717, 1.165) is 11.1 Å². The van der Waals surface area contributed by atoms with E-state index in [9.17, 15) is 14.7 Å². The number of benzene rings is 3. The van der Waals surface area contributed by atoms with Gasteiger partial charge >= 0.3 is 5.97 Å². The zero-order chi connectivity index (χ0) is 22.8. The lowest BCUT2D eigenvalue weighted by atomic mass is 10.0. The van der Waals surface area contributed by atoms with E-state index in [4.69, 9.17) is 9.47 Å². The summed E-state index contributed by atoms with van der Waals surface area (Å²) in [4.78, 5) is 23.8. The summed E-state index contributed by atoms with van der Waals surface area (Å²) in [6.07, 6.45) is -0.311. The van der Waals surface area contributed by atoms with Crippen LogP contribution in [0.1, 0.15) is 47.4 Å². The number of amides is 1. The summed E-state index contributed by atoms with van der Waals surface area (Å²) in [7, 11) is 0. The summed E-state index contributed by atoms with van der Waals surface area (Å²) < 4.78 is 12.1. The lowest BCUT2D eigenvalue weighted by Gasteiger charge is -2.21. The Morgan fingerprint density at radius 1 is 0.969 bits per heavy atom. The van der Waals surface area contributed by atoms with Crippen molar-refractivity contribution in [2.75, 3.05) is 6.54 Å². The Labute approximate surface area is 187 Å². The Hall–Kier alpha value is -3.80. The monoisotopic (exact) mass is 433 g/mol. The van der Waals surface area contributed by atoms with Crippen LogP contribution in [-0.4, -0.2) is 23.5 Å². The van der Waals surface area contributed by atoms with Crippen molar-refractivity contribution in [3.63, 3.8) is 0 Å². The maximum atomic E-state index is 12.6. The van der Waals surface area contributed by atoms with Gasteiger partial charge in [-0.2, -0.15) is 0 Å². The van der Waals surface area contributed by atoms with Gasteiger partial charge in [-0.1, -0.05) is 60.7 Å². The normalized spacial score (nSPS) is 11.4. The minimum Gasteiger partial charge on any atom is -0.489 e. The molecule has 0 spiro atoms. The van der Waals surface area contributed by atoms with Gasteiger partial charge in [0.2, 0.25) is 0 Å². The van der Waals surface area contributed by atoms with Gasteiger partial charge in [0.05, 0.1) is 5.56 Å². The molecule has 166 valence electrons. The van der Waals surface area contributed by atoms with E-state index in [1.54, 1.807) is 18.2 Å². The molecule has 32 heavy (non-hydrogen) atoms. The molecule has 0 fully saturated rings. The Kier molecular flexibility index (Phi) is 8.26. The van der Waals surface area contributed by atoms with Crippen LogP contribution in [0.4, 0.5) is 0 Å². The molecule has 0 heterocycles. The molecule has 2 N–H and O–H groups in total. The maximum absolute atomic E-state index is 12.6. The Balaban J connectivity index is 1.88. The first-order chi connectivity index (χ1) is 15.6. The van der Waals surface area contributed by atoms with Crippen LogP contribution < -0.4 is 14.8 Å². The summed E-state index contributed by atoms with van der Waals surface area (Å²) in [6.45, 7) is 2.70.